The van der Waals surface area contributed by atoms with E-state index in [9.17, 15) is 9.59 Å². The summed E-state index contributed by atoms with van der Waals surface area (Å²) >= 11 is 0. The van der Waals surface area contributed by atoms with E-state index < -0.39 is 0 Å². The lowest BCUT2D eigenvalue weighted by Crippen LogP contribution is -2.38. The van der Waals surface area contributed by atoms with Crippen molar-refractivity contribution in [1.29, 1.82) is 0 Å². The summed E-state index contributed by atoms with van der Waals surface area (Å²) in [6.45, 7) is 5.15. The van der Waals surface area contributed by atoms with Gasteiger partial charge in [-0.3, -0.25) is 9.59 Å². The average molecular weight is 491 g/mol. The maximum atomic E-state index is 12.4. The highest BCUT2D eigenvalue weighted by atomic mass is 16.5. The number of amides is 1. The van der Waals surface area contributed by atoms with Crippen LogP contribution < -0.4 is 20.9 Å². The van der Waals surface area contributed by atoms with Gasteiger partial charge < -0.3 is 19.9 Å². The molecule has 4 rings (SSSR count). The maximum Gasteiger partial charge on any atom is 0.272 e. The van der Waals surface area contributed by atoms with Crippen LogP contribution in [0.2, 0.25) is 0 Å². The van der Waals surface area contributed by atoms with E-state index in [2.05, 4.69) is 31.0 Å². The highest BCUT2D eigenvalue weighted by Crippen LogP contribution is 2.21. The number of aryl methyl sites for hydroxylation is 1. The Morgan fingerprint density at radius 1 is 1.08 bits per heavy atom. The highest BCUT2D eigenvalue weighted by Gasteiger charge is 2.20. The number of methoxy groups -OCH3 is 1. The van der Waals surface area contributed by atoms with Crippen molar-refractivity contribution >= 4 is 22.5 Å². The minimum atomic E-state index is -0.242. The Bertz CT molecular complexity index is 1380. The molecule has 10 nitrogen and oxygen atoms in total. The van der Waals surface area contributed by atoms with Crippen molar-refractivity contribution in [3.8, 4) is 17.1 Å². The average Bonchev–Trinajstić information content (AvgIpc) is 3.36. The van der Waals surface area contributed by atoms with Gasteiger partial charge in [0, 0.05) is 36.9 Å². The van der Waals surface area contributed by atoms with E-state index >= 15 is 0 Å². The van der Waals surface area contributed by atoms with Crippen molar-refractivity contribution in [2.24, 2.45) is 5.41 Å². The number of hydrogen-bond donors (Lipinski definition) is 3. The molecular formula is C26H30N6O4. The van der Waals surface area contributed by atoms with Gasteiger partial charge in [0.15, 0.2) is 5.82 Å². The number of aromatic nitrogens is 4. The fraction of sp³-hybridized carbons (Fsp3) is 0.346. The maximum absolute atomic E-state index is 12.4. The first-order valence-corrected chi connectivity index (χ1v) is 11.8. The second-order valence-electron chi connectivity index (χ2n) is 9.34. The van der Waals surface area contributed by atoms with E-state index in [1.807, 2.05) is 56.3 Å². The van der Waals surface area contributed by atoms with E-state index in [1.165, 1.54) is 0 Å². The predicted octanol–water partition coefficient (Wildman–Crippen LogP) is 3.56. The number of aromatic amines is 1. The molecule has 4 aromatic rings. The van der Waals surface area contributed by atoms with E-state index in [0.29, 0.717) is 55.3 Å². The Kier molecular flexibility index (Phi) is 7.62. The van der Waals surface area contributed by atoms with E-state index in [4.69, 9.17) is 9.26 Å². The Hall–Kier alpha value is -4.21. The van der Waals surface area contributed by atoms with Crippen molar-refractivity contribution < 1.29 is 14.1 Å². The molecule has 0 saturated heterocycles. The number of carbonyl (C=O) groups excluding carboxylic acids is 1. The minimum Gasteiger partial charge on any atom is -0.497 e. The van der Waals surface area contributed by atoms with Gasteiger partial charge in [0.05, 0.1) is 12.5 Å². The quantitative estimate of drug-likeness (QED) is 0.290. The van der Waals surface area contributed by atoms with Gasteiger partial charge in [-0.1, -0.05) is 37.2 Å². The fourth-order valence-corrected chi connectivity index (χ4v) is 3.68. The number of H-pyrrole nitrogens is 1. The molecule has 1 amide bonds. The molecule has 10 heteroatoms. The zero-order chi connectivity index (χ0) is 25.5. The van der Waals surface area contributed by atoms with Crippen LogP contribution in [0.1, 0.15) is 32.6 Å². The van der Waals surface area contributed by atoms with Gasteiger partial charge in [-0.15, -0.1) is 0 Å². The van der Waals surface area contributed by atoms with Crippen LogP contribution in [-0.4, -0.2) is 46.4 Å². The molecule has 0 aliphatic heterocycles. The molecule has 188 valence electrons. The second kappa shape index (κ2) is 11.0. The monoisotopic (exact) mass is 490 g/mol. The Balaban J connectivity index is 1.21. The highest BCUT2D eigenvalue weighted by molar-refractivity contribution is 5.90. The third-order valence-corrected chi connectivity index (χ3v) is 5.81. The minimum absolute atomic E-state index is 0.0365. The summed E-state index contributed by atoms with van der Waals surface area (Å²) in [5.74, 6) is 2.34. The number of fused-ring (bicyclic) bond motifs is 1. The first-order chi connectivity index (χ1) is 17.3. The zero-order valence-corrected chi connectivity index (χ0v) is 20.6. The molecule has 0 spiro atoms. The van der Waals surface area contributed by atoms with Gasteiger partial charge in [-0.25, -0.2) is 5.10 Å². The van der Waals surface area contributed by atoms with E-state index in [1.54, 1.807) is 13.2 Å². The van der Waals surface area contributed by atoms with Crippen molar-refractivity contribution in [2.45, 2.75) is 33.1 Å². The Morgan fingerprint density at radius 2 is 1.83 bits per heavy atom. The van der Waals surface area contributed by atoms with Gasteiger partial charge in [-0.2, -0.15) is 10.1 Å². The number of rotatable bonds is 11. The van der Waals surface area contributed by atoms with Crippen molar-refractivity contribution in [1.82, 2.24) is 25.7 Å². The molecule has 2 aromatic heterocycles. The third-order valence-electron chi connectivity index (χ3n) is 5.81. The first kappa shape index (κ1) is 24.9. The van der Waals surface area contributed by atoms with Crippen molar-refractivity contribution in [3.05, 3.63) is 64.8 Å². The van der Waals surface area contributed by atoms with Gasteiger partial charge in [0.2, 0.25) is 17.6 Å². The van der Waals surface area contributed by atoms with Crippen LogP contribution in [0.5, 0.6) is 5.75 Å². The molecule has 0 radical (unpaired) electrons. The summed E-state index contributed by atoms with van der Waals surface area (Å²) in [4.78, 5) is 28.8. The van der Waals surface area contributed by atoms with Crippen LogP contribution in [0.4, 0.5) is 5.82 Å². The van der Waals surface area contributed by atoms with Gasteiger partial charge >= 0.3 is 0 Å². The summed E-state index contributed by atoms with van der Waals surface area (Å²) in [7, 11) is 1.61. The van der Waals surface area contributed by atoms with Crippen LogP contribution in [0.15, 0.2) is 57.8 Å². The molecule has 36 heavy (non-hydrogen) atoms. The molecule has 2 aromatic carbocycles. The summed E-state index contributed by atoms with van der Waals surface area (Å²) in [5, 5.41) is 18.3. The zero-order valence-electron chi connectivity index (χ0n) is 20.6. The lowest BCUT2D eigenvalue weighted by Gasteiger charge is -2.25. The van der Waals surface area contributed by atoms with E-state index in [-0.39, 0.29) is 16.9 Å². The molecule has 3 N–H and O–H groups in total. The SMILES string of the molecule is COc1ccc(-c2noc(CCCC(=O)NCC(C)(C)CNc3n[nH]c(=O)c4ccccc34)n2)cc1. The van der Waals surface area contributed by atoms with Crippen LogP contribution >= 0.6 is 0 Å². The Labute approximate surface area is 208 Å². The third kappa shape index (κ3) is 6.26. The number of carbonyl (C=O) groups is 1. The molecule has 2 heterocycles. The molecule has 0 aliphatic carbocycles. The first-order valence-electron chi connectivity index (χ1n) is 11.8. The van der Waals surface area contributed by atoms with Crippen LogP contribution in [-0.2, 0) is 11.2 Å². The molecule has 0 atom stereocenters. The molecule has 0 aliphatic rings. The smallest absolute Gasteiger partial charge is 0.272 e. The number of nitrogens with one attached hydrogen (secondary N) is 3. The van der Waals surface area contributed by atoms with Crippen molar-refractivity contribution in [3.63, 3.8) is 0 Å². The van der Waals surface area contributed by atoms with Crippen LogP contribution in [0.3, 0.4) is 0 Å². The predicted molar refractivity (Wildman–Crippen MR) is 137 cm³/mol. The van der Waals surface area contributed by atoms with E-state index in [0.717, 1.165) is 16.7 Å². The van der Waals surface area contributed by atoms with Crippen LogP contribution in [0.25, 0.3) is 22.2 Å². The molecule has 0 fully saturated rings. The number of nitrogens with zero attached hydrogens (tertiary/aromatic N) is 3. The molecule has 0 bridgehead atoms. The molecule has 0 unspecified atom stereocenters. The summed E-state index contributed by atoms with van der Waals surface area (Å²) in [6.07, 6.45) is 1.48. The van der Waals surface area contributed by atoms with Crippen LogP contribution in [0, 0.1) is 5.41 Å². The number of anilines is 1. The second-order valence-corrected chi connectivity index (χ2v) is 9.34. The standard InChI is InChI=1S/C26H30N6O4/c1-26(2,16-28-24-19-7-4-5-8-20(19)25(34)31-30-24)15-27-21(33)9-6-10-22-29-23(32-36-22)17-11-13-18(35-3)14-12-17/h4-5,7-8,11-14H,6,9-10,15-16H2,1-3H3,(H,27,33)(H,28,30)(H,31,34). The lowest BCUT2D eigenvalue weighted by atomic mass is 9.93. The summed E-state index contributed by atoms with van der Waals surface area (Å²) in [6, 6.07) is 14.7. The Morgan fingerprint density at radius 3 is 2.58 bits per heavy atom. The van der Waals surface area contributed by atoms with Crippen molar-refractivity contribution in [2.75, 3.05) is 25.5 Å². The topological polar surface area (TPSA) is 135 Å². The molecular weight excluding hydrogens is 460 g/mol. The number of benzene rings is 2. The molecule has 0 saturated carbocycles. The fourth-order valence-electron chi connectivity index (χ4n) is 3.68. The summed E-state index contributed by atoms with van der Waals surface area (Å²) in [5.41, 5.74) is 0.374. The summed E-state index contributed by atoms with van der Waals surface area (Å²) < 4.78 is 10.5. The van der Waals surface area contributed by atoms with Gasteiger partial charge in [0.25, 0.3) is 5.56 Å². The lowest BCUT2D eigenvalue weighted by molar-refractivity contribution is -0.121. The normalized spacial score (nSPS) is 11.4. The van der Waals surface area contributed by atoms with Gasteiger partial charge in [-0.05, 0) is 42.2 Å². The number of ether oxygens (including phenoxy) is 1. The van der Waals surface area contributed by atoms with Gasteiger partial charge in [0.1, 0.15) is 5.75 Å². The largest absolute Gasteiger partial charge is 0.497 e. The number of hydrogen-bond acceptors (Lipinski definition) is 8.